The number of allylic oxidation sites excluding steroid dienone is 1. The van der Waals surface area contributed by atoms with Gasteiger partial charge in [0.25, 0.3) is 0 Å². The first kappa shape index (κ1) is 23.6. The van der Waals surface area contributed by atoms with E-state index in [1.165, 1.54) is 12.1 Å². The quantitative estimate of drug-likeness (QED) is 0.332. The first-order valence-electron chi connectivity index (χ1n) is 12.1. The van der Waals surface area contributed by atoms with Crippen molar-refractivity contribution in [3.05, 3.63) is 101 Å². The molecule has 0 aliphatic carbocycles. The summed E-state index contributed by atoms with van der Waals surface area (Å²) in [5.41, 5.74) is 5.34. The van der Waals surface area contributed by atoms with Crippen molar-refractivity contribution >= 4 is 23.0 Å². The van der Waals surface area contributed by atoms with Crippen molar-refractivity contribution in [3.63, 3.8) is 0 Å². The Morgan fingerprint density at radius 2 is 2.03 bits per heavy atom. The van der Waals surface area contributed by atoms with Crippen LogP contribution in [0.4, 0.5) is 15.8 Å². The molecule has 0 radical (unpaired) electrons. The summed E-state index contributed by atoms with van der Waals surface area (Å²) in [6, 6.07) is 18.1. The molecular weight excluding hydrogens is 457 g/mol. The lowest BCUT2D eigenvalue weighted by Crippen LogP contribution is -2.22. The van der Waals surface area contributed by atoms with Gasteiger partial charge in [-0.05, 0) is 60.7 Å². The Hall–Kier alpha value is -4.13. The summed E-state index contributed by atoms with van der Waals surface area (Å²) < 4.78 is 20.3. The standard InChI is InChI=1S/C29H28FN3O3/c1-3-24(19-8-5-4-6-9-19)29(34)31-23-11-12-25-26(16-23)33(18(2)27(25)32-35)17-21-15-22(30)14-20-10-7-13-36-28(20)21/h4-6,8-9,11-12,14-16,24,35H,2-3,7,10,13,17H2,1H3,(H,31,34)/b32-27-. The highest BCUT2D eigenvalue weighted by atomic mass is 19.1. The van der Waals surface area contributed by atoms with Crippen molar-refractivity contribution in [2.45, 2.75) is 38.6 Å². The lowest BCUT2D eigenvalue weighted by Gasteiger charge is -2.25. The smallest absolute Gasteiger partial charge is 0.231 e. The zero-order valence-corrected chi connectivity index (χ0v) is 20.1. The Balaban J connectivity index is 1.46. The molecule has 184 valence electrons. The number of rotatable bonds is 6. The molecule has 2 N–H and O–H groups in total. The number of nitrogens with zero attached hydrogens (tertiary/aromatic N) is 2. The van der Waals surface area contributed by atoms with Crippen molar-refractivity contribution in [2.24, 2.45) is 5.16 Å². The number of carbonyl (C=O) groups excluding carboxylic acids is 1. The zero-order chi connectivity index (χ0) is 25.2. The number of hydrogen-bond acceptors (Lipinski definition) is 5. The first-order valence-corrected chi connectivity index (χ1v) is 12.1. The van der Waals surface area contributed by atoms with Crippen molar-refractivity contribution in [1.29, 1.82) is 0 Å². The van der Waals surface area contributed by atoms with Gasteiger partial charge >= 0.3 is 0 Å². The van der Waals surface area contributed by atoms with E-state index in [1.54, 1.807) is 12.1 Å². The van der Waals surface area contributed by atoms with Crippen molar-refractivity contribution in [2.75, 3.05) is 16.8 Å². The minimum atomic E-state index is -0.317. The summed E-state index contributed by atoms with van der Waals surface area (Å²) in [4.78, 5) is 15.0. The zero-order valence-electron chi connectivity index (χ0n) is 20.1. The number of benzene rings is 3. The molecule has 1 amide bonds. The molecule has 0 saturated heterocycles. The SMILES string of the molecule is C=C1/C(=N/O)c2ccc(NC(=O)C(CC)c3ccccc3)cc2N1Cc1cc(F)cc2c1OCCC2. The van der Waals surface area contributed by atoms with E-state index in [2.05, 4.69) is 17.1 Å². The Kier molecular flexibility index (Phi) is 6.46. The van der Waals surface area contributed by atoms with E-state index in [-0.39, 0.29) is 24.2 Å². The highest BCUT2D eigenvalue weighted by molar-refractivity contribution is 6.22. The molecule has 3 aromatic carbocycles. The van der Waals surface area contributed by atoms with Gasteiger partial charge in [0.05, 0.1) is 30.5 Å². The maximum absolute atomic E-state index is 14.4. The second kappa shape index (κ2) is 9.85. The van der Waals surface area contributed by atoms with Gasteiger partial charge in [-0.15, -0.1) is 0 Å². The Bertz CT molecular complexity index is 1350. The summed E-state index contributed by atoms with van der Waals surface area (Å²) >= 11 is 0. The second-order valence-electron chi connectivity index (χ2n) is 9.08. The van der Waals surface area contributed by atoms with Gasteiger partial charge in [-0.2, -0.15) is 0 Å². The summed E-state index contributed by atoms with van der Waals surface area (Å²) in [5, 5.41) is 16.2. The lowest BCUT2D eigenvalue weighted by atomic mass is 9.95. The highest BCUT2D eigenvalue weighted by Gasteiger charge is 2.32. The average molecular weight is 486 g/mol. The predicted molar refractivity (Wildman–Crippen MR) is 138 cm³/mol. The van der Waals surface area contributed by atoms with Crippen molar-refractivity contribution in [1.82, 2.24) is 0 Å². The fraction of sp³-hybridized carbons (Fsp3) is 0.241. The van der Waals surface area contributed by atoms with Crippen LogP contribution in [-0.2, 0) is 17.8 Å². The number of halogens is 1. The molecule has 5 rings (SSSR count). The van der Waals surface area contributed by atoms with Gasteiger partial charge < -0.3 is 20.2 Å². The van der Waals surface area contributed by atoms with E-state index in [0.717, 1.165) is 24.0 Å². The molecule has 0 aromatic heterocycles. The number of aryl methyl sites for hydroxylation is 1. The number of nitrogens with one attached hydrogen (secondary N) is 1. The largest absolute Gasteiger partial charge is 0.493 e. The molecule has 0 bridgehead atoms. The molecule has 1 unspecified atom stereocenters. The van der Waals surface area contributed by atoms with Gasteiger partial charge in [-0.25, -0.2) is 4.39 Å². The maximum Gasteiger partial charge on any atom is 0.231 e. The van der Waals surface area contributed by atoms with E-state index in [9.17, 15) is 14.4 Å². The summed E-state index contributed by atoms with van der Waals surface area (Å²) in [5.74, 6) is -0.000848. The van der Waals surface area contributed by atoms with Gasteiger partial charge in [0.2, 0.25) is 5.91 Å². The number of anilines is 2. The molecule has 2 aliphatic rings. The summed E-state index contributed by atoms with van der Waals surface area (Å²) in [7, 11) is 0. The Morgan fingerprint density at radius 3 is 2.78 bits per heavy atom. The van der Waals surface area contributed by atoms with Gasteiger partial charge in [0, 0.05) is 16.8 Å². The van der Waals surface area contributed by atoms with Crippen LogP contribution < -0.4 is 15.0 Å². The molecule has 6 nitrogen and oxygen atoms in total. The molecule has 1 atom stereocenters. The van der Waals surface area contributed by atoms with Gasteiger partial charge in [-0.3, -0.25) is 4.79 Å². The minimum Gasteiger partial charge on any atom is -0.493 e. The predicted octanol–water partition coefficient (Wildman–Crippen LogP) is 6.00. The van der Waals surface area contributed by atoms with Crippen LogP contribution in [0, 0.1) is 5.82 Å². The monoisotopic (exact) mass is 485 g/mol. The fourth-order valence-corrected chi connectivity index (χ4v) is 5.05. The third kappa shape index (κ3) is 4.33. The molecule has 0 fully saturated rings. The topological polar surface area (TPSA) is 74.2 Å². The van der Waals surface area contributed by atoms with Crippen LogP contribution >= 0.6 is 0 Å². The number of fused-ring (bicyclic) bond motifs is 2. The van der Waals surface area contributed by atoms with Crippen molar-refractivity contribution < 1.29 is 19.1 Å². The molecule has 0 saturated carbocycles. The van der Waals surface area contributed by atoms with Crippen LogP contribution in [0.25, 0.3) is 0 Å². The van der Waals surface area contributed by atoms with Crippen LogP contribution in [0.15, 0.2) is 78.1 Å². The summed E-state index contributed by atoms with van der Waals surface area (Å²) in [6.07, 6.45) is 2.27. The van der Waals surface area contributed by atoms with E-state index >= 15 is 0 Å². The number of hydrogen-bond donors (Lipinski definition) is 2. The number of amides is 1. The van der Waals surface area contributed by atoms with E-state index < -0.39 is 0 Å². The van der Waals surface area contributed by atoms with E-state index in [4.69, 9.17) is 4.74 Å². The Morgan fingerprint density at radius 1 is 1.22 bits per heavy atom. The summed E-state index contributed by atoms with van der Waals surface area (Å²) in [6.45, 7) is 6.97. The third-order valence-electron chi connectivity index (χ3n) is 6.81. The molecular formula is C29H28FN3O3. The first-order chi connectivity index (χ1) is 17.5. The van der Waals surface area contributed by atoms with Crippen LogP contribution in [0.1, 0.15) is 47.9 Å². The van der Waals surface area contributed by atoms with Gasteiger partial charge in [-0.1, -0.05) is 49.0 Å². The van der Waals surface area contributed by atoms with Crippen LogP contribution in [-0.4, -0.2) is 23.4 Å². The van der Waals surface area contributed by atoms with Crippen LogP contribution in [0.3, 0.4) is 0 Å². The van der Waals surface area contributed by atoms with Crippen molar-refractivity contribution in [3.8, 4) is 5.75 Å². The van der Waals surface area contributed by atoms with Gasteiger partial charge in [0.15, 0.2) is 0 Å². The van der Waals surface area contributed by atoms with Gasteiger partial charge in [0.1, 0.15) is 17.3 Å². The lowest BCUT2D eigenvalue weighted by molar-refractivity contribution is -0.117. The fourth-order valence-electron chi connectivity index (χ4n) is 5.05. The minimum absolute atomic E-state index is 0.101. The number of oxime groups is 1. The molecule has 0 spiro atoms. The van der Waals surface area contributed by atoms with Crippen LogP contribution in [0.5, 0.6) is 5.75 Å². The molecule has 7 heteroatoms. The normalized spacial score (nSPS) is 16.3. The molecule has 2 heterocycles. The third-order valence-corrected chi connectivity index (χ3v) is 6.81. The maximum atomic E-state index is 14.4. The Labute approximate surface area is 209 Å². The highest BCUT2D eigenvalue weighted by Crippen LogP contribution is 2.40. The van der Waals surface area contributed by atoms with E-state index in [0.29, 0.717) is 52.7 Å². The molecule has 2 aliphatic heterocycles. The second-order valence-corrected chi connectivity index (χ2v) is 9.08. The van der Waals surface area contributed by atoms with E-state index in [1.807, 2.05) is 48.2 Å². The molecule has 36 heavy (non-hydrogen) atoms. The number of carbonyl (C=O) groups is 1. The van der Waals surface area contributed by atoms with Crippen LogP contribution in [0.2, 0.25) is 0 Å². The number of ether oxygens (including phenoxy) is 1. The molecule has 3 aromatic rings. The average Bonchev–Trinajstić information content (AvgIpc) is 3.14.